The Morgan fingerprint density at radius 2 is 2.20 bits per heavy atom. The number of halogens is 1. The second kappa shape index (κ2) is 5.34. The number of hydrogen-bond donors (Lipinski definition) is 1. The Bertz CT molecular complexity index is 608. The van der Waals surface area contributed by atoms with Crippen LogP contribution >= 0.6 is 11.6 Å². The number of hydrogen-bond acceptors (Lipinski definition) is 4. The number of sulfonamides is 1. The standard InChI is InChI=1S/C11H16ClN3O4S/c1-7-5-8(11(16)17)3-4-15(7)20(18,19)10-9(12)6-13-14(10)2/h6-8H,3-5H2,1-2H3,(H,16,17). The molecule has 9 heteroatoms. The van der Waals surface area contributed by atoms with Gasteiger partial charge in [0.25, 0.3) is 10.0 Å². The molecule has 0 radical (unpaired) electrons. The molecule has 2 unspecified atom stereocenters. The second-order valence-corrected chi connectivity index (χ2v) is 7.16. The zero-order valence-electron chi connectivity index (χ0n) is 11.2. The molecule has 1 aliphatic rings. The van der Waals surface area contributed by atoms with E-state index < -0.39 is 21.9 Å². The van der Waals surface area contributed by atoms with Crippen molar-refractivity contribution in [2.45, 2.75) is 30.8 Å². The van der Waals surface area contributed by atoms with Crippen LogP contribution in [0.1, 0.15) is 19.8 Å². The van der Waals surface area contributed by atoms with Crippen LogP contribution in [-0.4, -0.2) is 46.2 Å². The van der Waals surface area contributed by atoms with Gasteiger partial charge in [-0.3, -0.25) is 9.48 Å². The SMILES string of the molecule is CC1CC(C(=O)O)CCN1S(=O)(=O)c1c(Cl)cnn1C. The van der Waals surface area contributed by atoms with Crippen molar-refractivity contribution < 1.29 is 18.3 Å². The molecular weight excluding hydrogens is 306 g/mol. The average molecular weight is 322 g/mol. The van der Waals surface area contributed by atoms with Gasteiger partial charge in [0.2, 0.25) is 0 Å². The van der Waals surface area contributed by atoms with Crippen molar-refractivity contribution in [2.24, 2.45) is 13.0 Å². The van der Waals surface area contributed by atoms with Gasteiger partial charge in [-0.2, -0.15) is 9.40 Å². The van der Waals surface area contributed by atoms with Gasteiger partial charge in [-0.1, -0.05) is 11.6 Å². The number of nitrogens with zero attached hydrogens (tertiary/aromatic N) is 3. The first kappa shape index (κ1) is 15.3. The van der Waals surface area contributed by atoms with Crippen LogP contribution in [0.25, 0.3) is 0 Å². The Kier molecular flexibility index (Phi) is 4.08. The van der Waals surface area contributed by atoms with E-state index >= 15 is 0 Å². The molecule has 0 aliphatic carbocycles. The van der Waals surface area contributed by atoms with Crippen LogP contribution in [0.2, 0.25) is 5.02 Å². The van der Waals surface area contributed by atoms with Gasteiger partial charge >= 0.3 is 5.97 Å². The third kappa shape index (κ3) is 2.55. The summed E-state index contributed by atoms with van der Waals surface area (Å²) in [6, 6.07) is -0.388. The molecule has 0 bridgehead atoms. The molecule has 2 atom stereocenters. The number of aryl methyl sites for hydroxylation is 1. The van der Waals surface area contributed by atoms with Crippen molar-refractivity contribution in [1.82, 2.24) is 14.1 Å². The lowest BCUT2D eigenvalue weighted by molar-refractivity contribution is -0.143. The molecule has 2 heterocycles. The Balaban J connectivity index is 2.30. The third-order valence-electron chi connectivity index (χ3n) is 3.56. The Hall–Kier alpha value is -1.12. The molecule has 20 heavy (non-hydrogen) atoms. The van der Waals surface area contributed by atoms with E-state index in [0.29, 0.717) is 12.8 Å². The number of carboxylic acid groups (broad SMARTS) is 1. The highest BCUT2D eigenvalue weighted by Crippen LogP contribution is 2.31. The summed E-state index contributed by atoms with van der Waals surface area (Å²) >= 11 is 5.89. The normalized spacial score (nSPS) is 24.8. The number of rotatable bonds is 3. The molecule has 0 saturated carbocycles. The lowest BCUT2D eigenvalue weighted by atomic mass is 9.93. The minimum absolute atomic E-state index is 0.0557. The average Bonchev–Trinajstić information content (AvgIpc) is 2.68. The first-order valence-electron chi connectivity index (χ1n) is 6.17. The summed E-state index contributed by atoms with van der Waals surface area (Å²) in [4.78, 5) is 11.0. The van der Waals surface area contributed by atoms with E-state index in [1.165, 1.54) is 22.2 Å². The molecule has 1 N–H and O–H groups in total. The molecule has 2 rings (SSSR count). The smallest absolute Gasteiger partial charge is 0.306 e. The number of aliphatic carboxylic acids is 1. The fraction of sp³-hybridized carbons (Fsp3) is 0.636. The van der Waals surface area contributed by atoms with E-state index in [1.807, 2.05) is 0 Å². The highest BCUT2D eigenvalue weighted by atomic mass is 35.5. The Morgan fingerprint density at radius 1 is 1.55 bits per heavy atom. The van der Waals surface area contributed by atoms with Crippen LogP contribution in [-0.2, 0) is 21.9 Å². The second-order valence-electron chi connectivity index (χ2n) is 4.95. The van der Waals surface area contributed by atoms with Crippen molar-refractivity contribution in [3.63, 3.8) is 0 Å². The van der Waals surface area contributed by atoms with E-state index in [1.54, 1.807) is 6.92 Å². The zero-order chi connectivity index (χ0) is 15.1. The highest BCUT2D eigenvalue weighted by Gasteiger charge is 2.39. The summed E-state index contributed by atoms with van der Waals surface area (Å²) in [7, 11) is -2.26. The predicted molar refractivity (Wildman–Crippen MR) is 71.9 cm³/mol. The summed E-state index contributed by atoms with van der Waals surface area (Å²) in [6.07, 6.45) is 1.88. The molecule has 1 aliphatic heterocycles. The lowest BCUT2D eigenvalue weighted by Crippen LogP contribution is -2.46. The molecule has 0 aromatic carbocycles. The zero-order valence-corrected chi connectivity index (χ0v) is 12.7. The van der Waals surface area contributed by atoms with Crippen molar-refractivity contribution in [3.8, 4) is 0 Å². The molecular formula is C11H16ClN3O4S. The van der Waals surface area contributed by atoms with Crippen LogP contribution in [0.4, 0.5) is 0 Å². The molecule has 0 amide bonds. The largest absolute Gasteiger partial charge is 0.481 e. The first-order chi connectivity index (χ1) is 9.25. The Labute approximate surface area is 122 Å². The quantitative estimate of drug-likeness (QED) is 0.894. The van der Waals surface area contributed by atoms with Crippen LogP contribution in [0.3, 0.4) is 0 Å². The molecule has 1 saturated heterocycles. The maximum atomic E-state index is 12.6. The predicted octanol–water partition coefficient (Wildman–Crippen LogP) is 0.947. The Morgan fingerprint density at radius 3 is 2.65 bits per heavy atom. The van der Waals surface area contributed by atoms with E-state index in [2.05, 4.69) is 5.10 Å². The van der Waals surface area contributed by atoms with E-state index in [9.17, 15) is 13.2 Å². The first-order valence-corrected chi connectivity index (χ1v) is 7.99. The van der Waals surface area contributed by atoms with Crippen LogP contribution < -0.4 is 0 Å². The van der Waals surface area contributed by atoms with Crippen LogP contribution in [0.5, 0.6) is 0 Å². The summed E-state index contributed by atoms with van der Waals surface area (Å²) in [5.41, 5.74) is 0. The molecule has 7 nitrogen and oxygen atoms in total. The summed E-state index contributed by atoms with van der Waals surface area (Å²) < 4.78 is 27.7. The van der Waals surface area contributed by atoms with Crippen LogP contribution in [0, 0.1) is 5.92 Å². The summed E-state index contributed by atoms with van der Waals surface area (Å²) in [5.74, 6) is -1.38. The van der Waals surface area contributed by atoms with Gasteiger partial charge in [0.15, 0.2) is 5.03 Å². The molecule has 1 fully saturated rings. The summed E-state index contributed by atoms with van der Waals surface area (Å²) in [5, 5.41) is 12.9. The summed E-state index contributed by atoms with van der Waals surface area (Å²) in [6.45, 7) is 1.87. The van der Waals surface area contributed by atoms with Crippen molar-refractivity contribution in [3.05, 3.63) is 11.2 Å². The van der Waals surface area contributed by atoms with Gasteiger partial charge in [-0.05, 0) is 19.8 Å². The van der Waals surface area contributed by atoms with Gasteiger partial charge in [0, 0.05) is 19.6 Å². The van der Waals surface area contributed by atoms with Gasteiger partial charge in [0.05, 0.1) is 17.1 Å². The van der Waals surface area contributed by atoms with Gasteiger partial charge in [-0.15, -0.1) is 0 Å². The van der Waals surface area contributed by atoms with E-state index in [-0.39, 0.29) is 22.6 Å². The topological polar surface area (TPSA) is 92.5 Å². The maximum absolute atomic E-state index is 12.6. The van der Waals surface area contributed by atoms with E-state index in [0.717, 1.165) is 0 Å². The lowest BCUT2D eigenvalue weighted by Gasteiger charge is -2.35. The van der Waals surface area contributed by atoms with Crippen molar-refractivity contribution in [2.75, 3.05) is 6.54 Å². The fourth-order valence-corrected chi connectivity index (χ4v) is 4.80. The minimum Gasteiger partial charge on any atom is -0.481 e. The number of aromatic nitrogens is 2. The molecule has 0 spiro atoms. The minimum atomic E-state index is -3.77. The molecule has 112 valence electrons. The van der Waals surface area contributed by atoms with Crippen molar-refractivity contribution in [1.29, 1.82) is 0 Å². The van der Waals surface area contributed by atoms with Crippen molar-refractivity contribution >= 4 is 27.6 Å². The monoisotopic (exact) mass is 321 g/mol. The van der Waals surface area contributed by atoms with E-state index in [4.69, 9.17) is 16.7 Å². The number of carbonyl (C=O) groups is 1. The fourth-order valence-electron chi connectivity index (χ4n) is 2.53. The highest BCUT2D eigenvalue weighted by molar-refractivity contribution is 7.89. The number of piperidine rings is 1. The molecule has 1 aromatic rings. The maximum Gasteiger partial charge on any atom is 0.306 e. The van der Waals surface area contributed by atoms with Gasteiger partial charge in [-0.25, -0.2) is 8.42 Å². The van der Waals surface area contributed by atoms with Gasteiger partial charge in [0.1, 0.15) is 0 Å². The van der Waals surface area contributed by atoms with Crippen LogP contribution in [0.15, 0.2) is 11.2 Å². The third-order valence-corrected chi connectivity index (χ3v) is 6.08. The van der Waals surface area contributed by atoms with Gasteiger partial charge < -0.3 is 5.11 Å². The molecule has 1 aromatic heterocycles. The number of carboxylic acids is 1.